The van der Waals surface area contributed by atoms with Gasteiger partial charge >= 0.3 is 0 Å². The van der Waals surface area contributed by atoms with E-state index in [1.165, 1.54) is 12.1 Å². The quantitative estimate of drug-likeness (QED) is 0.0791. The molecule has 1 aliphatic carbocycles. The van der Waals surface area contributed by atoms with Crippen LogP contribution < -0.4 is 0 Å². The van der Waals surface area contributed by atoms with Gasteiger partial charge in [0, 0.05) is 99.5 Å². The van der Waals surface area contributed by atoms with Gasteiger partial charge in [0.2, 0.25) is 0 Å². The van der Waals surface area contributed by atoms with Crippen LogP contribution in [0.1, 0.15) is 140 Å². The Kier molecular flexibility index (Phi) is 10.4. The highest BCUT2D eigenvalue weighted by Gasteiger charge is 2.32. The van der Waals surface area contributed by atoms with Gasteiger partial charge in [-0.25, -0.2) is 15.0 Å². The van der Waals surface area contributed by atoms with Crippen LogP contribution in [0, 0.1) is 27.7 Å². The van der Waals surface area contributed by atoms with Crippen molar-refractivity contribution in [3.05, 3.63) is 517 Å². The largest absolute Gasteiger partial charge is 0.455 e. The van der Waals surface area contributed by atoms with E-state index in [-0.39, 0.29) is 115 Å². The summed E-state index contributed by atoms with van der Waals surface area (Å²) >= 11 is 0.501. The first-order chi connectivity index (χ1) is 103. The lowest BCUT2D eigenvalue weighted by Gasteiger charge is -2.17. The molecule has 28 rings (SSSR count). The van der Waals surface area contributed by atoms with E-state index in [4.69, 9.17) is 76.6 Å². The van der Waals surface area contributed by atoms with Gasteiger partial charge in [0.15, 0.2) is 0 Å². The molecule has 0 spiro atoms. The first-order valence-electron chi connectivity index (χ1n) is 80.8. The highest BCUT2D eigenvalue weighted by atomic mass is 32.1. The lowest BCUT2D eigenvalue weighted by molar-refractivity contribution is 0.599. The average Bonchev–Trinajstić information content (AvgIpc) is 1.41. The van der Waals surface area contributed by atoms with Crippen molar-refractivity contribution >= 4 is 142 Å². The Balaban J connectivity index is 0.000000160. The Bertz CT molecular complexity index is 14700. The van der Waals surface area contributed by atoms with Gasteiger partial charge in [-0.15, -0.1) is 11.3 Å². The lowest BCUT2D eigenvalue weighted by atomic mass is 9.84. The number of fused-ring (bicyclic) bond motifs is 14. The predicted molar refractivity (Wildman–Crippen MR) is 620 cm³/mol. The molecule has 0 saturated heterocycles. The van der Waals surface area contributed by atoms with Gasteiger partial charge in [-0.2, -0.15) is 0 Å². The lowest BCUT2D eigenvalue weighted by Crippen LogP contribution is -1.95. The van der Waals surface area contributed by atoms with Crippen molar-refractivity contribution in [1.82, 2.24) is 29.9 Å². The van der Waals surface area contributed by atoms with E-state index in [1.54, 1.807) is 52.0 Å². The zero-order valence-electron chi connectivity index (χ0n) is 149. The highest BCUT2D eigenvalue weighted by molar-refractivity contribution is 7.18. The number of hydrogen-bond acceptors (Lipinski definition) is 8. The molecule has 0 radical (unpaired) electrons. The monoisotopic (exact) mass is 1970 g/mol. The number of nitrogens with zero attached hydrogens (tertiary/aromatic N) is 6. The molecule has 0 fully saturated rings. The topological polar surface area (TPSA) is 90.5 Å². The third kappa shape index (κ3) is 16.1. The summed E-state index contributed by atoms with van der Waals surface area (Å²) < 4.78 is 657. The number of aromatic nitrogens is 6. The predicted octanol–water partition coefficient (Wildman–Crippen LogP) is 37.9. The van der Waals surface area contributed by atoms with Gasteiger partial charge in [0.1, 0.15) is 11.5 Å². The molecular formula is C139H94N6OS. The van der Waals surface area contributed by atoms with Gasteiger partial charge in [0.05, 0.1) is 150 Å². The molecule has 0 amide bonds. The van der Waals surface area contributed by atoms with Crippen LogP contribution in [0.25, 0.3) is 263 Å². The van der Waals surface area contributed by atoms with E-state index in [0.717, 1.165) is 6.07 Å². The zero-order valence-corrected chi connectivity index (χ0v) is 76.6. The van der Waals surface area contributed by atoms with Gasteiger partial charge in [0.25, 0.3) is 0 Å². The molecule has 0 aliphatic heterocycles. The Morgan fingerprint density at radius 3 is 1.17 bits per heavy atom. The minimum Gasteiger partial charge on any atom is -0.455 e. The van der Waals surface area contributed by atoms with Crippen molar-refractivity contribution in [2.24, 2.45) is 0 Å². The Hall–Kier alpha value is -18.6. The molecule has 8 heterocycles. The molecule has 692 valence electrons. The summed E-state index contributed by atoms with van der Waals surface area (Å²) in [5, 5.41) is -6.70. The van der Waals surface area contributed by atoms with E-state index in [1.807, 2.05) is 0 Å². The standard InChI is InChI=1S/C68H48N2O.C38H24N2S.C33H22N2/c1-41-39-59(44(4)43(3)42(41)2)67-63(62(46-21-9-6-10-22-46)68(71-67)64-57-30-15-13-28-55(57)61(45-19-7-5-8-20-45)56-29-14-16-31-58(56)64)50-24-17-23-49(40-50)51-35-36-54(53-27-12-11-26-52(51)53)60-37-34-48-33-32-47-25-18-38-69-65(47)66(48)70-60;1-2-7-26(8-3-1)35-22-23-36(41-35)27-14-12-25(13-15-27)30-19-20-33(32-11-5-4-10-31(30)32)34-21-18-29-17-16-28-9-6-24-39-37(28)38(29)40-34;1-2-7-22(8-3-1)25-14-15-26(21-25)27-17-18-30(29-11-5-4-10-28(27)29)31-19-16-24-13-12-23-9-6-20-34-32(23)33(24)35-31/h5-40H,1-4H3;1-24H;1-20H,21H2/i5D,6D,7D,8D,9D,10D,13D,14D,15D,16D,17D,18D,19D,20D,21D,23D,24D,25D,28D,29D,30D,31D,32D,33D,34D,37D,38D,39D,40D;1D,2D,3D,4D,5D,6D,7D,8D,9D,10D,11D,12D,13D,14D,15D,16D,17D,18D,19D,20D,21D,22D,23D,24D;1D,2D,3D,4D,5D,6D,7D,8D,9D,10D,11D,12D,13D,14D,15D,16D,17D,18D,19D,20D. The highest BCUT2D eigenvalue weighted by Crippen LogP contribution is 2.56. The van der Waals surface area contributed by atoms with Crippen molar-refractivity contribution < 1.29 is 104 Å². The third-order valence-electron chi connectivity index (χ3n) is 24.5. The van der Waals surface area contributed by atoms with E-state index < -0.39 is 608 Å². The van der Waals surface area contributed by atoms with Crippen LogP contribution in [0.5, 0.6) is 0 Å². The number of hydrogen-bond donors (Lipinski definition) is 0. The van der Waals surface area contributed by atoms with Gasteiger partial charge in [-0.05, 0) is 249 Å². The summed E-state index contributed by atoms with van der Waals surface area (Å²) in [6.07, 6.45) is -2.59. The molecule has 0 N–H and O–H groups in total. The van der Waals surface area contributed by atoms with Crippen LogP contribution in [0.3, 0.4) is 0 Å². The van der Waals surface area contributed by atoms with Crippen LogP contribution in [0.2, 0.25) is 0 Å². The maximum Gasteiger partial charge on any atom is 0.144 e. The molecule has 19 aromatic carbocycles. The Morgan fingerprint density at radius 2 is 0.626 bits per heavy atom. The third-order valence-corrected chi connectivity index (χ3v) is 25.5. The summed E-state index contributed by atoms with van der Waals surface area (Å²) in [5.74, 6) is -1.26. The SMILES string of the molecule is [2H]C1=C(c2c([2H])c([2H])c([2H])c([2H])c2[2H])CC(c2c([2H])c([2H])c(-c3nc4c(c([2H])c3[2H])c([2H])c([2H])c3c([2H])c([2H])c([2H])nc34)c3c([2H])c([2H])c([2H])c([2H])c23)=C1[2H].[2H]c1cc(-c2c(-c3c4c([2H])c([2H])c([2H])c([2H])c4c(-c4c([2H])c([2H])c([2H])c([2H])c4[2H])c4c([2H])c([2H])c([2H])c([2H])c34)oc(-c3c([2H])c(C)c(C)c(C)c3C)c2-c2c([2H])c([2H])c([2H])c(-c3ccc(-c4nc5c(c([2H])c4[2H])c([2H])c([2H])c4c([2H])c([2H])c([2H])nc45)c4ccccc34)c2[2H])c([2H])c([2H])c1[2H].[2H]c1nc2c(c([2H])c1[2H])c([2H])c([2H])c1c([2H])c([2H])c(-c3c([2H])c([2H])c(-c4c([2H])c([2H])c(-c5sc(-c6c([2H])c([2H])c([2H])c([2H])c6[2H])c([2H])c5[2H])c([2H])c4[2H])c4c([2H])c([2H])c([2H])c([2H])c34)nc12. The number of pyridine rings is 6. The van der Waals surface area contributed by atoms with Gasteiger partial charge in [-0.1, -0.05) is 405 Å². The molecule has 0 unspecified atom stereocenters. The van der Waals surface area contributed by atoms with Gasteiger partial charge in [-0.3, -0.25) is 15.0 Å². The summed E-state index contributed by atoms with van der Waals surface area (Å²) in [7, 11) is 0. The molecule has 0 atom stereocenters. The molecule has 8 heteroatoms. The van der Waals surface area contributed by atoms with Crippen molar-refractivity contribution in [1.29, 1.82) is 0 Å². The van der Waals surface area contributed by atoms with E-state index >= 15 is 0 Å². The van der Waals surface area contributed by atoms with E-state index in [2.05, 4.69) is 24.9 Å². The van der Waals surface area contributed by atoms with E-state index in [9.17, 15) is 32.9 Å². The fourth-order valence-corrected chi connectivity index (χ4v) is 18.1. The molecule has 0 saturated carbocycles. The van der Waals surface area contributed by atoms with Crippen molar-refractivity contribution in [3.8, 4) is 133 Å². The van der Waals surface area contributed by atoms with Crippen molar-refractivity contribution in [2.75, 3.05) is 0 Å². The first-order valence-corrected chi connectivity index (χ1v) is 45.1. The summed E-state index contributed by atoms with van der Waals surface area (Å²) in [4.78, 5) is 25.1. The fourth-order valence-electron chi connectivity index (χ4n) is 17.3. The maximum absolute atomic E-state index is 10.6. The average molecular weight is 1970 g/mol. The zero-order chi connectivity index (χ0) is 162. The molecule has 147 heavy (non-hydrogen) atoms. The number of rotatable bonds is 14. The summed E-state index contributed by atoms with van der Waals surface area (Å²) in [6.45, 7) is 6.68. The molecule has 27 aromatic rings. The second kappa shape index (κ2) is 37.7. The summed E-state index contributed by atoms with van der Waals surface area (Å²) in [5.41, 5.74) is -11.3. The Morgan fingerprint density at radius 1 is 0.231 bits per heavy atom. The number of benzene rings is 19. The molecule has 0 bridgehead atoms. The van der Waals surface area contributed by atoms with E-state index in [0.29, 0.717) is 33.6 Å². The first kappa shape index (κ1) is 40.7. The van der Waals surface area contributed by atoms with Crippen LogP contribution in [0.4, 0.5) is 0 Å². The minimum atomic E-state index is -0.982. The number of furan rings is 1. The molecular weight excluding hydrogens is 1800 g/mol. The number of thiophene rings is 1. The fraction of sp³-hybridized carbons (Fsp3) is 0.0360. The second-order valence-corrected chi connectivity index (χ2v) is 33.6. The van der Waals surface area contributed by atoms with Crippen LogP contribution in [0.15, 0.2) is 488 Å². The maximum atomic E-state index is 10.6. The van der Waals surface area contributed by atoms with Crippen LogP contribution in [-0.2, 0) is 0 Å². The molecule has 8 aromatic heterocycles. The molecule has 1 aliphatic rings. The normalized spacial score (nSPS) is 19.1. The minimum absolute atomic E-state index is 0.00245. The smallest absolute Gasteiger partial charge is 0.144 e. The van der Waals surface area contributed by atoms with Crippen molar-refractivity contribution in [2.45, 2.75) is 34.1 Å². The number of allylic oxidation sites excluding steroid dienone is 4. The van der Waals surface area contributed by atoms with Gasteiger partial charge < -0.3 is 4.42 Å². The Labute approximate surface area is 958 Å². The summed E-state index contributed by atoms with van der Waals surface area (Å²) in [6, 6.07) is -44.2. The van der Waals surface area contributed by atoms with Crippen LogP contribution in [-0.4, -0.2) is 29.9 Å². The van der Waals surface area contributed by atoms with Crippen LogP contribution >= 0.6 is 11.3 Å². The van der Waals surface area contributed by atoms with Crippen molar-refractivity contribution in [3.63, 3.8) is 0 Å². The second-order valence-electron chi connectivity index (χ2n) is 32.6. The molecule has 7 nitrogen and oxygen atoms in total.